The van der Waals surface area contributed by atoms with E-state index in [1.807, 2.05) is 6.07 Å². The van der Waals surface area contributed by atoms with E-state index >= 15 is 0 Å². The summed E-state index contributed by atoms with van der Waals surface area (Å²) in [5, 5.41) is 0. The molecule has 0 bridgehead atoms. The van der Waals surface area contributed by atoms with Crippen molar-refractivity contribution in [1.29, 1.82) is 0 Å². The smallest absolute Gasteiger partial charge is 0.123 e. The van der Waals surface area contributed by atoms with Crippen molar-refractivity contribution < 1.29 is 4.39 Å². The lowest BCUT2D eigenvalue weighted by Crippen LogP contribution is -1.91. The molecular formula is C11H6BrCl2FS. The highest BCUT2D eigenvalue weighted by atomic mass is 79.9. The third-order valence-corrected chi connectivity index (χ3v) is 4.64. The maximum Gasteiger partial charge on any atom is 0.123 e. The van der Waals surface area contributed by atoms with E-state index < -0.39 is 0 Å². The molecule has 2 aromatic rings. The quantitative estimate of drug-likeness (QED) is 0.617. The van der Waals surface area contributed by atoms with Crippen LogP contribution in [0.1, 0.15) is 16.0 Å². The van der Waals surface area contributed by atoms with Crippen LogP contribution in [-0.4, -0.2) is 0 Å². The van der Waals surface area contributed by atoms with Crippen LogP contribution in [0.15, 0.2) is 30.3 Å². The van der Waals surface area contributed by atoms with Gasteiger partial charge in [0.25, 0.3) is 0 Å². The van der Waals surface area contributed by atoms with Crippen LogP contribution in [0.3, 0.4) is 0 Å². The van der Waals surface area contributed by atoms with Crippen molar-refractivity contribution >= 4 is 50.5 Å². The van der Waals surface area contributed by atoms with Crippen LogP contribution in [0.25, 0.3) is 0 Å². The van der Waals surface area contributed by atoms with Gasteiger partial charge < -0.3 is 0 Å². The van der Waals surface area contributed by atoms with Gasteiger partial charge in [-0.05, 0) is 23.8 Å². The van der Waals surface area contributed by atoms with Crippen LogP contribution in [0.4, 0.5) is 4.39 Å². The van der Waals surface area contributed by atoms with Crippen LogP contribution in [0, 0.1) is 5.82 Å². The Morgan fingerprint density at radius 2 is 2.00 bits per heavy atom. The Labute approximate surface area is 115 Å². The van der Waals surface area contributed by atoms with Gasteiger partial charge in [-0.15, -0.1) is 11.3 Å². The second-order valence-corrected chi connectivity index (χ2v) is 6.40. The predicted molar refractivity (Wildman–Crippen MR) is 71.5 cm³/mol. The molecule has 0 N–H and O–H groups in total. The molecule has 1 aromatic heterocycles. The zero-order chi connectivity index (χ0) is 11.7. The summed E-state index contributed by atoms with van der Waals surface area (Å²) in [6.07, 6.45) is 0. The number of benzene rings is 1. The first-order valence-corrected chi connectivity index (χ1v) is 6.91. The fraction of sp³-hybridized carbons (Fsp3) is 0.0909. The van der Waals surface area contributed by atoms with Crippen molar-refractivity contribution in [3.8, 4) is 0 Å². The normalized spacial score (nSPS) is 12.8. The number of halogens is 4. The minimum Gasteiger partial charge on any atom is -0.207 e. The molecule has 1 atom stereocenters. The van der Waals surface area contributed by atoms with Crippen molar-refractivity contribution in [1.82, 2.24) is 0 Å². The molecule has 0 amide bonds. The summed E-state index contributed by atoms with van der Waals surface area (Å²) in [7, 11) is 0. The molecule has 0 nitrogen and oxygen atoms in total. The van der Waals surface area contributed by atoms with E-state index in [0.29, 0.717) is 8.67 Å². The molecule has 1 aromatic carbocycles. The van der Waals surface area contributed by atoms with Gasteiger partial charge in [-0.3, -0.25) is 0 Å². The fourth-order valence-corrected chi connectivity index (χ4v) is 3.83. The first-order chi connectivity index (χ1) is 7.58. The number of rotatable bonds is 2. The average molecular weight is 340 g/mol. The van der Waals surface area contributed by atoms with Gasteiger partial charge in [0.05, 0.1) is 13.5 Å². The number of thiophene rings is 1. The van der Waals surface area contributed by atoms with Crippen molar-refractivity contribution in [3.05, 3.63) is 55.9 Å². The molecule has 5 heteroatoms. The Bertz CT molecular complexity index is 512. The monoisotopic (exact) mass is 338 g/mol. The molecule has 0 saturated heterocycles. The van der Waals surface area contributed by atoms with Gasteiger partial charge in [0.1, 0.15) is 5.82 Å². The molecule has 0 spiro atoms. The Kier molecular flexibility index (Phi) is 3.90. The summed E-state index contributed by atoms with van der Waals surface area (Å²) in [6.45, 7) is 0. The van der Waals surface area contributed by atoms with Gasteiger partial charge in [-0.1, -0.05) is 51.3 Å². The van der Waals surface area contributed by atoms with Crippen LogP contribution in [0.5, 0.6) is 0 Å². The fourth-order valence-electron chi connectivity index (χ4n) is 1.37. The highest BCUT2D eigenvalue weighted by Crippen LogP contribution is 2.41. The van der Waals surface area contributed by atoms with E-state index in [2.05, 4.69) is 15.9 Å². The lowest BCUT2D eigenvalue weighted by atomic mass is 10.1. The molecule has 0 saturated carbocycles. The third-order valence-electron chi connectivity index (χ3n) is 2.10. The summed E-state index contributed by atoms with van der Waals surface area (Å²) in [6, 6.07) is 8.18. The molecule has 0 aliphatic carbocycles. The molecule has 1 unspecified atom stereocenters. The summed E-state index contributed by atoms with van der Waals surface area (Å²) in [4.78, 5) is -0.139. The predicted octanol–water partition coefficient (Wildman–Crippen LogP) is 5.68. The van der Waals surface area contributed by atoms with E-state index in [4.69, 9.17) is 23.2 Å². The molecular weight excluding hydrogens is 334 g/mol. The second kappa shape index (κ2) is 5.05. The minimum absolute atomic E-state index is 0.139. The highest BCUT2D eigenvalue weighted by molar-refractivity contribution is 9.09. The number of hydrogen-bond acceptors (Lipinski definition) is 1. The zero-order valence-corrected chi connectivity index (χ0v) is 11.8. The van der Waals surface area contributed by atoms with Crippen molar-refractivity contribution in [2.75, 3.05) is 0 Å². The Hall–Kier alpha value is -0.0900. The number of alkyl halides is 1. The SMILES string of the molecule is Fc1cccc(C(Br)c2cc(Cl)sc2Cl)c1. The van der Waals surface area contributed by atoms with Gasteiger partial charge in [-0.25, -0.2) is 4.39 Å². The van der Waals surface area contributed by atoms with Gasteiger partial charge in [0.15, 0.2) is 0 Å². The molecule has 0 fully saturated rings. The molecule has 2 rings (SSSR count). The molecule has 16 heavy (non-hydrogen) atoms. The first kappa shape index (κ1) is 12.4. The van der Waals surface area contributed by atoms with E-state index in [9.17, 15) is 4.39 Å². The standard InChI is InChI=1S/C11H6BrCl2FS/c12-10(6-2-1-3-7(15)4-6)8-5-9(13)16-11(8)14/h1-5,10H. The first-order valence-electron chi connectivity index (χ1n) is 4.42. The van der Waals surface area contributed by atoms with Crippen LogP contribution in [-0.2, 0) is 0 Å². The summed E-state index contributed by atoms with van der Waals surface area (Å²) in [5.74, 6) is -0.264. The molecule has 0 aliphatic heterocycles. The summed E-state index contributed by atoms with van der Waals surface area (Å²) >= 11 is 16.7. The van der Waals surface area contributed by atoms with Crippen molar-refractivity contribution in [2.24, 2.45) is 0 Å². The van der Waals surface area contributed by atoms with Crippen molar-refractivity contribution in [3.63, 3.8) is 0 Å². The van der Waals surface area contributed by atoms with Crippen LogP contribution >= 0.6 is 50.5 Å². The second-order valence-electron chi connectivity index (χ2n) is 3.20. The van der Waals surface area contributed by atoms with E-state index in [0.717, 1.165) is 11.1 Å². The highest BCUT2D eigenvalue weighted by Gasteiger charge is 2.17. The molecule has 1 heterocycles. The van der Waals surface area contributed by atoms with Crippen LogP contribution < -0.4 is 0 Å². The van der Waals surface area contributed by atoms with Gasteiger partial charge >= 0.3 is 0 Å². The Morgan fingerprint density at radius 3 is 2.56 bits per heavy atom. The Morgan fingerprint density at radius 1 is 1.25 bits per heavy atom. The summed E-state index contributed by atoms with van der Waals surface area (Å²) in [5.41, 5.74) is 1.68. The third kappa shape index (κ3) is 2.59. The lowest BCUT2D eigenvalue weighted by Gasteiger charge is -2.09. The topological polar surface area (TPSA) is 0 Å². The van der Waals surface area contributed by atoms with Crippen molar-refractivity contribution in [2.45, 2.75) is 4.83 Å². The van der Waals surface area contributed by atoms with Gasteiger partial charge in [0.2, 0.25) is 0 Å². The van der Waals surface area contributed by atoms with E-state index in [1.165, 1.54) is 23.5 Å². The maximum atomic E-state index is 13.1. The molecule has 0 aliphatic rings. The maximum absolute atomic E-state index is 13.1. The Balaban J connectivity index is 2.38. The zero-order valence-electron chi connectivity index (χ0n) is 7.88. The van der Waals surface area contributed by atoms with E-state index in [-0.39, 0.29) is 10.6 Å². The van der Waals surface area contributed by atoms with Gasteiger partial charge in [0, 0.05) is 5.56 Å². The summed E-state index contributed by atoms with van der Waals surface area (Å²) < 4.78 is 14.3. The molecule has 0 radical (unpaired) electrons. The van der Waals surface area contributed by atoms with Gasteiger partial charge in [-0.2, -0.15) is 0 Å². The van der Waals surface area contributed by atoms with Crippen LogP contribution in [0.2, 0.25) is 8.67 Å². The van der Waals surface area contributed by atoms with E-state index in [1.54, 1.807) is 12.1 Å². The minimum atomic E-state index is -0.264. The molecule has 84 valence electrons. The lowest BCUT2D eigenvalue weighted by molar-refractivity contribution is 0.626. The largest absolute Gasteiger partial charge is 0.207 e. The average Bonchev–Trinajstić information content (AvgIpc) is 2.57. The number of hydrogen-bond donors (Lipinski definition) is 0.